The van der Waals surface area contributed by atoms with Crippen LogP contribution in [0.5, 0.6) is 5.75 Å². The summed E-state index contributed by atoms with van der Waals surface area (Å²) in [6, 6.07) is 11.9. The first-order valence-corrected chi connectivity index (χ1v) is 8.05. The lowest BCUT2D eigenvalue weighted by atomic mass is 10.0. The summed E-state index contributed by atoms with van der Waals surface area (Å²) in [6.07, 6.45) is 6.77. The van der Waals surface area contributed by atoms with Gasteiger partial charge in [-0.15, -0.1) is 0 Å². The topological polar surface area (TPSA) is 60.2 Å². The predicted octanol–water partition coefficient (Wildman–Crippen LogP) is 3.51. The summed E-state index contributed by atoms with van der Waals surface area (Å²) in [7, 11) is 0. The van der Waals surface area contributed by atoms with E-state index in [2.05, 4.69) is 28.3 Å². The van der Waals surface area contributed by atoms with Crippen molar-refractivity contribution in [2.45, 2.75) is 12.8 Å². The van der Waals surface area contributed by atoms with E-state index in [1.807, 2.05) is 36.5 Å². The third-order valence-corrected chi connectivity index (χ3v) is 3.83. The summed E-state index contributed by atoms with van der Waals surface area (Å²) >= 11 is 0. The number of hydrogen-bond donors (Lipinski definition) is 1. The van der Waals surface area contributed by atoms with Gasteiger partial charge in [0.1, 0.15) is 24.3 Å². The lowest BCUT2D eigenvalue weighted by molar-refractivity contribution is 0.313. The van der Waals surface area contributed by atoms with Gasteiger partial charge in [-0.05, 0) is 41.8 Å². The Bertz CT molecular complexity index is 712. The molecular weight excluding hydrogens is 302 g/mol. The summed E-state index contributed by atoms with van der Waals surface area (Å²) < 4.78 is 10.7. The van der Waals surface area contributed by atoms with E-state index in [4.69, 9.17) is 9.15 Å². The van der Waals surface area contributed by atoms with E-state index in [0.717, 1.165) is 30.1 Å². The number of nitrogens with zero attached hydrogens (tertiary/aromatic N) is 2. The highest BCUT2D eigenvalue weighted by Crippen LogP contribution is 2.20. The average molecular weight is 323 g/mol. The molecule has 0 aliphatic heterocycles. The van der Waals surface area contributed by atoms with E-state index >= 15 is 0 Å². The number of pyridine rings is 1. The second-order valence-corrected chi connectivity index (χ2v) is 5.64. The smallest absolute Gasteiger partial charge is 0.181 e. The second-order valence-electron chi connectivity index (χ2n) is 5.64. The lowest BCUT2D eigenvalue weighted by Crippen LogP contribution is -2.25. The van der Waals surface area contributed by atoms with Crippen LogP contribution in [0.2, 0.25) is 0 Å². The summed E-state index contributed by atoms with van der Waals surface area (Å²) in [5.41, 5.74) is 3.08. The maximum absolute atomic E-state index is 5.75. The zero-order valence-corrected chi connectivity index (χ0v) is 13.7. The van der Waals surface area contributed by atoms with Gasteiger partial charge in [-0.25, -0.2) is 4.98 Å². The molecule has 3 aromatic rings. The number of rotatable bonds is 8. The molecule has 5 nitrogen and oxygen atoms in total. The number of oxazole rings is 1. The molecule has 0 aliphatic rings. The summed E-state index contributed by atoms with van der Waals surface area (Å²) in [6.45, 7) is 4.52. The van der Waals surface area contributed by atoms with Crippen molar-refractivity contribution in [3.8, 4) is 17.0 Å². The van der Waals surface area contributed by atoms with E-state index in [-0.39, 0.29) is 0 Å². The molecule has 0 bridgehead atoms. The van der Waals surface area contributed by atoms with Crippen LogP contribution < -0.4 is 10.1 Å². The monoisotopic (exact) mass is 323 g/mol. The van der Waals surface area contributed by atoms with Crippen LogP contribution >= 0.6 is 0 Å². The fourth-order valence-corrected chi connectivity index (χ4v) is 2.42. The Morgan fingerprint density at radius 2 is 2.08 bits per heavy atom. The Balaban J connectivity index is 1.37. The van der Waals surface area contributed by atoms with Crippen LogP contribution in [-0.4, -0.2) is 29.7 Å². The minimum Gasteiger partial charge on any atom is -0.492 e. The van der Waals surface area contributed by atoms with Gasteiger partial charge in [-0.3, -0.25) is 4.98 Å². The van der Waals surface area contributed by atoms with Crippen LogP contribution in [0.25, 0.3) is 11.3 Å². The molecule has 0 radical (unpaired) electrons. The predicted molar refractivity (Wildman–Crippen MR) is 93.0 cm³/mol. The Morgan fingerprint density at radius 3 is 2.79 bits per heavy atom. The summed E-state index contributed by atoms with van der Waals surface area (Å²) in [5, 5.41) is 3.41. The molecule has 1 atom stereocenters. The van der Waals surface area contributed by atoms with Crippen molar-refractivity contribution in [3.63, 3.8) is 0 Å². The highest BCUT2D eigenvalue weighted by atomic mass is 16.5. The van der Waals surface area contributed by atoms with Crippen molar-refractivity contribution in [2.75, 3.05) is 19.7 Å². The average Bonchev–Trinajstić information content (AvgIpc) is 3.17. The minimum absolute atomic E-state index is 0.431. The molecule has 5 heteroatoms. The number of benzene rings is 1. The molecule has 0 amide bonds. The molecule has 0 saturated heterocycles. The van der Waals surface area contributed by atoms with Crippen molar-refractivity contribution in [3.05, 3.63) is 67.0 Å². The molecular formula is C19H21N3O2. The van der Waals surface area contributed by atoms with Crippen molar-refractivity contribution in [1.82, 2.24) is 15.3 Å². The van der Waals surface area contributed by atoms with Crippen molar-refractivity contribution >= 4 is 0 Å². The van der Waals surface area contributed by atoms with Gasteiger partial charge < -0.3 is 14.5 Å². The van der Waals surface area contributed by atoms with Gasteiger partial charge in [0.15, 0.2) is 6.39 Å². The van der Waals surface area contributed by atoms with E-state index in [9.17, 15) is 0 Å². The Kier molecular flexibility index (Phi) is 5.58. The molecule has 0 fully saturated rings. The van der Waals surface area contributed by atoms with Gasteiger partial charge >= 0.3 is 0 Å². The minimum atomic E-state index is 0.431. The van der Waals surface area contributed by atoms with Crippen molar-refractivity contribution < 1.29 is 9.15 Å². The molecule has 0 spiro atoms. The summed E-state index contributed by atoms with van der Waals surface area (Å²) in [5.74, 6) is 1.28. The quantitative estimate of drug-likeness (QED) is 0.643. The first kappa shape index (κ1) is 16.2. The maximum atomic E-state index is 5.75. The third-order valence-electron chi connectivity index (χ3n) is 3.83. The zero-order chi connectivity index (χ0) is 16.6. The largest absolute Gasteiger partial charge is 0.492 e. The van der Waals surface area contributed by atoms with Gasteiger partial charge in [-0.1, -0.05) is 13.0 Å². The maximum Gasteiger partial charge on any atom is 0.181 e. The molecule has 2 heterocycles. The second kappa shape index (κ2) is 8.26. The molecule has 24 heavy (non-hydrogen) atoms. The van der Waals surface area contributed by atoms with E-state index < -0.39 is 0 Å². The third kappa shape index (κ3) is 4.43. The Labute approximate surface area is 141 Å². The van der Waals surface area contributed by atoms with E-state index in [0.29, 0.717) is 12.5 Å². The van der Waals surface area contributed by atoms with Gasteiger partial charge in [-0.2, -0.15) is 0 Å². The van der Waals surface area contributed by atoms with Gasteiger partial charge in [0.25, 0.3) is 0 Å². The zero-order valence-electron chi connectivity index (χ0n) is 13.7. The molecule has 124 valence electrons. The normalized spacial score (nSPS) is 12.0. The molecule has 0 unspecified atom stereocenters. The highest BCUT2D eigenvalue weighted by Gasteiger charge is 2.04. The number of aromatic nitrogens is 2. The van der Waals surface area contributed by atoms with Crippen LogP contribution in [-0.2, 0) is 0 Å². The molecule has 0 saturated carbocycles. The number of ether oxygens (including phenoxy) is 1. The van der Waals surface area contributed by atoms with Crippen LogP contribution in [0.1, 0.15) is 18.4 Å². The van der Waals surface area contributed by atoms with Crippen LogP contribution in [0.4, 0.5) is 0 Å². The summed E-state index contributed by atoms with van der Waals surface area (Å²) in [4.78, 5) is 8.27. The number of nitrogens with one attached hydrogen (secondary N) is 1. The van der Waals surface area contributed by atoms with E-state index in [1.54, 1.807) is 12.5 Å². The first-order chi connectivity index (χ1) is 11.8. The van der Waals surface area contributed by atoms with Crippen LogP contribution in [0.3, 0.4) is 0 Å². The molecule has 1 aromatic carbocycles. The number of hydrogen-bond acceptors (Lipinski definition) is 5. The Morgan fingerprint density at radius 1 is 1.21 bits per heavy atom. The van der Waals surface area contributed by atoms with Crippen LogP contribution in [0.15, 0.2) is 65.9 Å². The fraction of sp³-hybridized carbons (Fsp3) is 0.263. The van der Waals surface area contributed by atoms with Gasteiger partial charge in [0.05, 0.1) is 0 Å². The molecule has 0 aliphatic carbocycles. The highest BCUT2D eigenvalue weighted by molar-refractivity contribution is 5.58. The first-order valence-electron chi connectivity index (χ1n) is 8.05. The van der Waals surface area contributed by atoms with Crippen molar-refractivity contribution in [2.24, 2.45) is 0 Å². The lowest BCUT2D eigenvalue weighted by Gasteiger charge is -2.13. The fourth-order valence-electron chi connectivity index (χ4n) is 2.42. The standard InChI is InChI=1S/C19H21N3O2/c1-15(17-3-2-8-20-12-17)11-21-9-10-24-18-6-4-16(5-7-18)19-13-23-14-22-19/h2-8,12-15,21H,9-11H2,1H3/t15-/m0/s1. The molecule has 3 rings (SSSR count). The SMILES string of the molecule is C[C@@H](CNCCOc1ccc(-c2cocn2)cc1)c1cccnc1. The van der Waals surface area contributed by atoms with Crippen molar-refractivity contribution in [1.29, 1.82) is 0 Å². The Hall–Kier alpha value is -2.66. The van der Waals surface area contributed by atoms with Crippen LogP contribution in [0, 0.1) is 0 Å². The van der Waals surface area contributed by atoms with Gasteiger partial charge in [0.2, 0.25) is 0 Å². The van der Waals surface area contributed by atoms with Gasteiger partial charge in [0, 0.05) is 31.0 Å². The molecule has 1 N–H and O–H groups in total. The molecule has 2 aromatic heterocycles. The van der Waals surface area contributed by atoms with E-state index in [1.165, 1.54) is 12.0 Å².